The lowest BCUT2D eigenvalue weighted by Crippen LogP contribution is -2.42. The van der Waals surface area contributed by atoms with Gasteiger partial charge in [-0.3, -0.25) is 0 Å². The molecule has 86 valence electrons. The topological polar surface area (TPSA) is 58.9 Å². The summed E-state index contributed by atoms with van der Waals surface area (Å²) >= 11 is 0. The average Bonchev–Trinajstić information content (AvgIpc) is 2.47. The lowest BCUT2D eigenvalue weighted by molar-refractivity contribution is -0.160. The number of aliphatic hydroxyl groups is 2. The van der Waals surface area contributed by atoms with Gasteiger partial charge in [0.1, 0.15) is 12.2 Å². The molecule has 0 amide bonds. The minimum Gasteiger partial charge on any atom is -0.390 e. The van der Waals surface area contributed by atoms with Crippen LogP contribution in [-0.4, -0.2) is 40.4 Å². The summed E-state index contributed by atoms with van der Waals surface area (Å²) in [4.78, 5) is 0. The first-order valence-electron chi connectivity index (χ1n) is 5.36. The van der Waals surface area contributed by atoms with Crippen LogP contribution in [0.1, 0.15) is 26.7 Å². The van der Waals surface area contributed by atoms with Crippen LogP contribution in [0.4, 0.5) is 0 Å². The smallest absolute Gasteiger partial charge is 0.164 e. The van der Waals surface area contributed by atoms with Gasteiger partial charge in [-0.15, -0.1) is 0 Å². The Labute approximate surface area is 89.5 Å². The highest BCUT2D eigenvalue weighted by atomic mass is 16.8. The van der Waals surface area contributed by atoms with Crippen LogP contribution in [0, 0.1) is 0 Å². The fourth-order valence-corrected chi connectivity index (χ4v) is 2.15. The van der Waals surface area contributed by atoms with Crippen LogP contribution in [0.25, 0.3) is 0 Å². The number of aliphatic hydroxyl groups excluding tert-OH is 2. The molecule has 0 unspecified atom stereocenters. The molecule has 15 heavy (non-hydrogen) atoms. The zero-order valence-electron chi connectivity index (χ0n) is 9.09. The standard InChI is InChI=1S/C11H18O4/c1-11(2)14-9-7(12)5-3-4-6-8(13)10(9)15-11/h3-4,7-10,12-13H,5-6H2,1-2H3/t7-,8-,9-,10-/m0/s1. The van der Waals surface area contributed by atoms with E-state index in [4.69, 9.17) is 9.47 Å². The van der Waals surface area contributed by atoms with Crippen LogP contribution in [0.3, 0.4) is 0 Å². The summed E-state index contributed by atoms with van der Waals surface area (Å²) in [5.74, 6) is -0.721. The summed E-state index contributed by atoms with van der Waals surface area (Å²) < 4.78 is 11.2. The first-order chi connectivity index (χ1) is 6.99. The predicted octanol–water partition coefficient (Wildman–Crippen LogP) is 0.578. The molecule has 0 aromatic carbocycles. The van der Waals surface area contributed by atoms with Gasteiger partial charge in [-0.2, -0.15) is 0 Å². The van der Waals surface area contributed by atoms with Crippen molar-refractivity contribution in [1.82, 2.24) is 0 Å². The third kappa shape index (κ3) is 2.23. The Morgan fingerprint density at radius 3 is 1.80 bits per heavy atom. The van der Waals surface area contributed by atoms with Crippen LogP contribution >= 0.6 is 0 Å². The normalized spacial score (nSPS) is 44.5. The summed E-state index contributed by atoms with van der Waals surface area (Å²) in [6, 6.07) is 0. The van der Waals surface area contributed by atoms with Crippen molar-refractivity contribution < 1.29 is 19.7 Å². The molecule has 1 aliphatic carbocycles. The molecule has 4 nitrogen and oxygen atoms in total. The Hall–Kier alpha value is -0.420. The summed E-state index contributed by atoms with van der Waals surface area (Å²) in [5, 5.41) is 19.7. The van der Waals surface area contributed by atoms with Crippen molar-refractivity contribution >= 4 is 0 Å². The van der Waals surface area contributed by atoms with Gasteiger partial charge < -0.3 is 19.7 Å². The number of ether oxygens (including phenoxy) is 2. The van der Waals surface area contributed by atoms with E-state index >= 15 is 0 Å². The van der Waals surface area contributed by atoms with E-state index in [2.05, 4.69) is 0 Å². The van der Waals surface area contributed by atoms with Gasteiger partial charge >= 0.3 is 0 Å². The van der Waals surface area contributed by atoms with E-state index in [1.165, 1.54) is 0 Å². The lowest BCUT2D eigenvalue weighted by Gasteiger charge is -2.26. The molecule has 4 heteroatoms. The van der Waals surface area contributed by atoms with Gasteiger partial charge in [0.15, 0.2) is 5.79 Å². The molecule has 1 fully saturated rings. The summed E-state index contributed by atoms with van der Waals surface area (Å²) in [5.41, 5.74) is 0. The van der Waals surface area contributed by atoms with Crippen molar-refractivity contribution in [3.05, 3.63) is 12.2 Å². The predicted molar refractivity (Wildman–Crippen MR) is 54.2 cm³/mol. The van der Waals surface area contributed by atoms with Gasteiger partial charge in [0.05, 0.1) is 12.2 Å². The highest BCUT2D eigenvalue weighted by molar-refractivity contribution is 4.99. The average molecular weight is 214 g/mol. The molecule has 0 aromatic heterocycles. The third-order valence-electron chi connectivity index (χ3n) is 2.84. The van der Waals surface area contributed by atoms with Crippen LogP contribution in [-0.2, 0) is 9.47 Å². The van der Waals surface area contributed by atoms with E-state index in [0.29, 0.717) is 12.8 Å². The molecule has 0 saturated carbocycles. The van der Waals surface area contributed by atoms with E-state index in [0.717, 1.165) is 0 Å². The molecular weight excluding hydrogens is 196 g/mol. The van der Waals surface area contributed by atoms with Gasteiger partial charge in [-0.1, -0.05) is 12.2 Å². The minimum atomic E-state index is -0.721. The van der Waals surface area contributed by atoms with Gasteiger partial charge in [-0.05, 0) is 26.7 Å². The SMILES string of the molecule is CC1(C)O[C@@H]2[C@@H](O1)[C@@H](O)CC=CC[C@@H]2O. The highest BCUT2D eigenvalue weighted by Crippen LogP contribution is 2.34. The third-order valence-corrected chi connectivity index (χ3v) is 2.84. The van der Waals surface area contributed by atoms with Gasteiger partial charge in [0.25, 0.3) is 0 Å². The van der Waals surface area contributed by atoms with Crippen molar-refractivity contribution in [2.45, 2.75) is 56.9 Å². The Morgan fingerprint density at radius 1 is 1.00 bits per heavy atom. The van der Waals surface area contributed by atoms with E-state index in [-0.39, 0.29) is 0 Å². The van der Waals surface area contributed by atoms with Gasteiger partial charge in [-0.25, -0.2) is 0 Å². The number of fused-ring (bicyclic) bond motifs is 1. The molecule has 0 aromatic rings. The molecule has 2 N–H and O–H groups in total. The molecule has 1 aliphatic heterocycles. The molecule has 0 radical (unpaired) electrons. The van der Waals surface area contributed by atoms with Crippen molar-refractivity contribution in [3.63, 3.8) is 0 Å². The Balaban J connectivity index is 2.19. The molecule has 0 bridgehead atoms. The molecule has 0 spiro atoms. The van der Waals surface area contributed by atoms with Crippen molar-refractivity contribution in [3.8, 4) is 0 Å². The number of hydrogen-bond donors (Lipinski definition) is 2. The molecule has 2 aliphatic rings. The maximum absolute atomic E-state index is 9.87. The molecule has 1 saturated heterocycles. The largest absolute Gasteiger partial charge is 0.390 e. The van der Waals surface area contributed by atoms with E-state index < -0.39 is 30.2 Å². The quantitative estimate of drug-likeness (QED) is 0.579. The van der Waals surface area contributed by atoms with E-state index in [1.54, 1.807) is 13.8 Å². The monoisotopic (exact) mass is 214 g/mol. The van der Waals surface area contributed by atoms with Crippen LogP contribution < -0.4 is 0 Å². The number of rotatable bonds is 0. The second-order valence-corrected chi connectivity index (χ2v) is 4.64. The molecule has 4 atom stereocenters. The molecule has 2 rings (SSSR count). The Bertz CT molecular complexity index is 237. The maximum atomic E-state index is 9.87. The van der Waals surface area contributed by atoms with Crippen molar-refractivity contribution in [2.75, 3.05) is 0 Å². The fraction of sp³-hybridized carbons (Fsp3) is 0.818. The summed E-state index contributed by atoms with van der Waals surface area (Å²) in [6.07, 6.45) is 2.77. The molecular formula is C11H18O4. The zero-order chi connectivity index (χ0) is 11.1. The van der Waals surface area contributed by atoms with Gasteiger partial charge in [0.2, 0.25) is 0 Å². The second-order valence-electron chi connectivity index (χ2n) is 4.64. The first-order valence-corrected chi connectivity index (χ1v) is 5.36. The Kier molecular flexibility index (Phi) is 2.85. The van der Waals surface area contributed by atoms with E-state index in [9.17, 15) is 10.2 Å². The van der Waals surface area contributed by atoms with Gasteiger partial charge in [0, 0.05) is 0 Å². The fourth-order valence-electron chi connectivity index (χ4n) is 2.15. The summed E-state index contributed by atoms with van der Waals surface area (Å²) in [6.45, 7) is 3.59. The first kappa shape index (κ1) is 11.1. The minimum absolute atomic E-state index is 0.431. The second kappa shape index (κ2) is 3.87. The highest BCUT2D eigenvalue weighted by Gasteiger charge is 2.47. The molecule has 1 heterocycles. The maximum Gasteiger partial charge on any atom is 0.164 e. The van der Waals surface area contributed by atoms with Crippen LogP contribution in [0.5, 0.6) is 0 Å². The van der Waals surface area contributed by atoms with Crippen molar-refractivity contribution in [1.29, 1.82) is 0 Å². The van der Waals surface area contributed by atoms with Crippen molar-refractivity contribution in [2.24, 2.45) is 0 Å². The zero-order valence-corrected chi connectivity index (χ0v) is 9.09. The Morgan fingerprint density at radius 2 is 1.40 bits per heavy atom. The van der Waals surface area contributed by atoms with Crippen LogP contribution in [0.2, 0.25) is 0 Å². The van der Waals surface area contributed by atoms with E-state index in [1.807, 2.05) is 12.2 Å². The number of hydrogen-bond acceptors (Lipinski definition) is 4. The van der Waals surface area contributed by atoms with Crippen LogP contribution in [0.15, 0.2) is 12.2 Å². The lowest BCUT2D eigenvalue weighted by atomic mass is 9.96. The summed E-state index contributed by atoms with van der Waals surface area (Å²) in [7, 11) is 0.